The van der Waals surface area contributed by atoms with Crippen LogP contribution in [0.4, 0.5) is 0 Å². The lowest BCUT2D eigenvalue weighted by Crippen LogP contribution is -2.27. The van der Waals surface area contributed by atoms with E-state index in [0.29, 0.717) is 6.61 Å². The van der Waals surface area contributed by atoms with Crippen LogP contribution in [0.3, 0.4) is 0 Å². The maximum Gasteiger partial charge on any atom is 0.0911 e. The summed E-state index contributed by atoms with van der Waals surface area (Å²) in [6, 6.07) is 10.1. The molecule has 0 heterocycles. The van der Waals surface area contributed by atoms with E-state index in [0.717, 1.165) is 14.7 Å². The van der Waals surface area contributed by atoms with Gasteiger partial charge < -0.3 is 9.84 Å². The van der Waals surface area contributed by atoms with Gasteiger partial charge in [0.2, 0.25) is 0 Å². The largest absolute Gasteiger partial charge is 0.501 e. The van der Waals surface area contributed by atoms with Crippen LogP contribution >= 0.6 is 23.5 Å². The quantitative estimate of drug-likeness (QED) is 0.414. The second-order valence-electron chi connectivity index (χ2n) is 5.87. The van der Waals surface area contributed by atoms with Crippen molar-refractivity contribution in [3.63, 3.8) is 0 Å². The Kier molecular flexibility index (Phi) is 8.15. The second kappa shape index (κ2) is 9.33. The smallest absolute Gasteiger partial charge is 0.0911 e. The van der Waals surface area contributed by atoms with Crippen molar-refractivity contribution in [2.75, 3.05) is 12.9 Å². The van der Waals surface area contributed by atoms with Crippen molar-refractivity contribution in [1.29, 1.82) is 0 Å². The van der Waals surface area contributed by atoms with E-state index >= 15 is 0 Å². The number of allylic oxidation sites excluding steroid dienone is 1. The first-order valence-corrected chi connectivity index (χ1v) is 9.41. The van der Waals surface area contributed by atoms with Crippen LogP contribution < -0.4 is 0 Å². The molecule has 0 aliphatic rings. The molecule has 0 bridgehead atoms. The van der Waals surface area contributed by atoms with Gasteiger partial charge in [-0.3, -0.25) is 0 Å². The Bertz CT molecular complexity index is 502. The van der Waals surface area contributed by atoms with Crippen molar-refractivity contribution in [2.45, 2.75) is 38.7 Å². The van der Waals surface area contributed by atoms with E-state index in [-0.39, 0.29) is 5.41 Å². The molecule has 0 saturated heterocycles. The summed E-state index contributed by atoms with van der Waals surface area (Å²) in [5.74, 6) is 0. The lowest BCUT2D eigenvalue weighted by Gasteiger charge is -2.29. The lowest BCUT2D eigenvalue weighted by atomic mass is 9.89. The average molecular weight is 339 g/mol. The van der Waals surface area contributed by atoms with Gasteiger partial charge in [-0.15, -0.1) is 11.8 Å². The van der Waals surface area contributed by atoms with Gasteiger partial charge in [0.25, 0.3) is 0 Å². The molecule has 0 radical (unpaired) electrons. The third kappa shape index (κ3) is 6.11. The fraction of sp³-hybridized carbons (Fsp3) is 0.444. The Balaban J connectivity index is 3.18. The first kappa shape index (κ1) is 19.2. The first-order chi connectivity index (χ1) is 10.4. The van der Waals surface area contributed by atoms with Crippen molar-refractivity contribution < 1.29 is 9.84 Å². The molecular formula is C18H26O2S2. The van der Waals surface area contributed by atoms with Gasteiger partial charge in [0.1, 0.15) is 0 Å². The summed E-state index contributed by atoms with van der Waals surface area (Å²) in [6.07, 6.45) is 5.12. The zero-order valence-corrected chi connectivity index (χ0v) is 15.6. The summed E-state index contributed by atoms with van der Waals surface area (Å²) in [4.78, 5) is 3.11. The minimum absolute atomic E-state index is 0.225. The Morgan fingerprint density at radius 3 is 2.41 bits per heavy atom. The molecule has 1 aromatic carbocycles. The molecule has 22 heavy (non-hydrogen) atoms. The average Bonchev–Trinajstić information content (AvgIpc) is 2.49. The van der Waals surface area contributed by atoms with Gasteiger partial charge in [-0.1, -0.05) is 50.7 Å². The minimum Gasteiger partial charge on any atom is -0.501 e. The topological polar surface area (TPSA) is 29.5 Å². The van der Waals surface area contributed by atoms with Gasteiger partial charge in [0.15, 0.2) is 0 Å². The minimum atomic E-state index is -0.536. The van der Waals surface area contributed by atoms with Crippen LogP contribution in [0.15, 0.2) is 57.4 Å². The van der Waals surface area contributed by atoms with Gasteiger partial charge >= 0.3 is 0 Å². The van der Waals surface area contributed by atoms with Crippen molar-refractivity contribution >= 4 is 23.5 Å². The number of ether oxygens (including phenoxy) is 1. The number of hydrogen-bond acceptors (Lipinski definition) is 4. The molecule has 0 aliphatic carbocycles. The third-order valence-electron chi connectivity index (χ3n) is 2.98. The molecular weight excluding hydrogens is 312 g/mol. The van der Waals surface area contributed by atoms with Crippen LogP contribution in [0, 0.1) is 5.41 Å². The normalized spacial score (nSPS) is 14.8. The highest BCUT2D eigenvalue weighted by atomic mass is 32.2. The molecule has 0 spiro atoms. The molecule has 1 N–H and O–H groups in total. The Hall–Kier alpha value is -0.840. The van der Waals surface area contributed by atoms with Crippen molar-refractivity contribution in [2.24, 2.45) is 5.41 Å². The fourth-order valence-corrected chi connectivity index (χ4v) is 3.77. The monoisotopic (exact) mass is 338 g/mol. The fourth-order valence-electron chi connectivity index (χ4n) is 1.71. The number of hydrogen-bond donors (Lipinski definition) is 1. The van der Waals surface area contributed by atoms with E-state index in [1.54, 1.807) is 29.8 Å². The summed E-state index contributed by atoms with van der Waals surface area (Å²) in [7, 11) is 0. The van der Waals surface area contributed by atoms with E-state index in [4.69, 9.17) is 4.74 Å². The van der Waals surface area contributed by atoms with Crippen LogP contribution in [0.5, 0.6) is 0 Å². The zero-order chi connectivity index (χ0) is 16.6. The predicted octanol–water partition coefficient (Wildman–Crippen LogP) is 5.31. The molecule has 0 aliphatic heterocycles. The Labute approximate surface area is 143 Å². The summed E-state index contributed by atoms with van der Waals surface area (Å²) < 4.78 is 5.31. The maximum absolute atomic E-state index is 10.8. The standard InChI is InChI=1S/C18H26O2S2/c1-6-20-13-12-15(21-5)16(17(19)18(2,3)4)22-14-10-8-7-9-11-14/h7-13,17,19H,6H2,1-5H3/b13-12-,16-15-. The van der Waals surface area contributed by atoms with Crippen molar-refractivity contribution in [1.82, 2.24) is 0 Å². The second-order valence-corrected chi connectivity index (χ2v) is 7.84. The van der Waals surface area contributed by atoms with Crippen LogP contribution in [-0.4, -0.2) is 24.1 Å². The Morgan fingerprint density at radius 1 is 1.27 bits per heavy atom. The van der Waals surface area contributed by atoms with E-state index in [1.165, 1.54) is 0 Å². The molecule has 0 saturated carbocycles. The van der Waals surface area contributed by atoms with Crippen molar-refractivity contribution in [3.8, 4) is 0 Å². The van der Waals surface area contributed by atoms with E-state index < -0.39 is 6.10 Å². The third-order valence-corrected chi connectivity index (χ3v) is 5.08. The van der Waals surface area contributed by atoms with Gasteiger partial charge in [-0.05, 0) is 36.8 Å². The number of benzene rings is 1. The molecule has 122 valence electrons. The lowest BCUT2D eigenvalue weighted by molar-refractivity contribution is 0.102. The molecule has 1 atom stereocenters. The van der Waals surface area contributed by atoms with E-state index in [2.05, 4.69) is 12.1 Å². The summed E-state index contributed by atoms with van der Waals surface area (Å²) >= 11 is 3.24. The highest BCUT2D eigenvalue weighted by Crippen LogP contribution is 2.40. The molecule has 2 nitrogen and oxygen atoms in total. The van der Waals surface area contributed by atoms with Crippen LogP contribution in [0.1, 0.15) is 27.7 Å². The van der Waals surface area contributed by atoms with Gasteiger partial charge in [-0.25, -0.2) is 0 Å². The van der Waals surface area contributed by atoms with E-state index in [9.17, 15) is 5.11 Å². The summed E-state index contributed by atoms with van der Waals surface area (Å²) in [5.41, 5.74) is -0.225. The van der Waals surface area contributed by atoms with E-state index in [1.807, 2.05) is 58.2 Å². The highest BCUT2D eigenvalue weighted by molar-refractivity contribution is 8.06. The number of aliphatic hydroxyl groups is 1. The summed E-state index contributed by atoms with van der Waals surface area (Å²) in [6.45, 7) is 8.74. The SMILES string of the molecule is CCO/C=C\C(SC)=C(\Sc1ccccc1)C(O)C(C)(C)C. The van der Waals surface area contributed by atoms with Gasteiger partial charge in [-0.2, -0.15) is 0 Å². The number of aliphatic hydroxyl groups excluding tert-OH is 1. The van der Waals surface area contributed by atoms with Gasteiger partial charge in [0.05, 0.1) is 19.0 Å². The number of rotatable bonds is 7. The first-order valence-electron chi connectivity index (χ1n) is 7.37. The van der Waals surface area contributed by atoms with Crippen molar-refractivity contribution in [3.05, 3.63) is 52.5 Å². The molecule has 0 aromatic heterocycles. The van der Waals surface area contributed by atoms with Crippen LogP contribution in [0.2, 0.25) is 0 Å². The van der Waals surface area contributed by atoms with Crippen LogP contribution in [0.25, 0.3) is 0 Å². The molecule has 1 unspecified atom stereocenters. The summed E-state index contributed by atoms with van der Waals surface area (Å²) in [5, 5.41) is 10.8. The highest BCUT2D eigenvalue weighted by Gasteiger charge is 2.28. The zero-order valence-electron chi connectivity index (χ0n) is 14.0. The van der Waals surface area contributed by atoms with Gasteiger partial charge in [0, 0.05) is 14.7 Å². The molecule has 1 rings (SSSR count). The molecule has 0 amide bonds. The van der Waals surface area contributed by atoms with Crippen LogP contribution in [-0.2, 0) is 4.74 Å². The molecule has 0 fully saturated rings. The molecule has 1 aromatic rings. The Morgan fingerprint density at radius 2 is 1.91 bits per heavy atom. The molecule has 4 heteroatoms. The predicted molar refractivity (Wildman–Crippen MR) is 99.1 cm³/mol. The number of thioether (sulfide) groups is 2. The maximum atomic E-state index is 10.8.